The smallest absolute Gasteiger partial charge is 0.314 e. The van der Waals surface area contributed by atoms with Gasteiger partial charge in [0, 0.05) is 5.56 Å². The molecule has 0 saturated carbocycles. The first kappa shape index (κ1) is 24.4. The van der Waals surface area contributed by atoms with Crippen molar-refractivity contribution in [2.75, 3.05) is 19.8 Å². The van der Waals surface area contributed by atoms with E-state index >= 15 is 0 Å². The van der Waals surface area contributed by atoms with Crippen LogP contribution in [-0.4, -0.2) is 36.8 Å². The molecule has 31 heavy (non-hydrogen) atoms. The number of benzene rings is 2. The van der Waals surface area contributed by atoms with Crippen molar-refractivity contribution < 1.29 is 34.2 Å². The fourth-order valence-electron chi connectivity index (χ4n) is 2.77. The first-order chi connectivity index (χ1) is 14.6. The maximum atomic E-state index is 14.5. The van der Waals surface area contributed by atoms with Gasteiger partial charge in [0.2, 0.25) is 5.91 Å². The standard InChI is InChI=1S/C22H27FN2O6/c1-15(17-9-10-18(19(23)13-17)16-7-5-4-6-8-16)20(26)24-11-12-30-21(27)22(2,3)14-31-25(28)29/h4-10,13,15,25,28H,11-12,14H2,1-3H3,(H,24,26)/t15-/m1/s1. The Morgan fingerprint density at radius 1 is 1.23 bits per heavy atom. The molecular formula is C22H27FN2O6. The van der Waals surface area contributed by atoms with E-state index in [0.29, 0.717) is 11.1 Å². The predicted molar refractivity (Wildman–Crippen MR) is 110 cm³/mol. The van der Waals surface area contributed by atoms with Crippen LogP contribution in [0.25, 0.3) is 11.1 Å². The molecule has 8 nitrogen and oxygen atoms in total. The number of carbonyl (C=O) groups excluding carboxylic acids is 2. The van der Waals surface area contributed by atoms with Gasteiger partial charge in [0.25, 0.3) is 0 Å². The van der Waals surface area contributed by atoms with Gasteiger partial charge >= 0.3 is 5.97 Å². The monoisotopic (exact) mass is 434 g/mol. The van der Waals surface area contributed by atoms with Crippen LogP contribution in [0.1, 0.15) is 32.3 Å². The van der Waals surface area contributed by atoms with Crippen molar-refractivity contribution >= 4 is 11.9 Å². The number of esters is 1. The Morgan fingerprint density at radius 2 is 1.90 bits per heavy atom. The van der Waals surface area contributed by atoms with Crippen molar-refractivity contribution in [2.45, 2.75) is 26.7 Å². The Morgan fingerprint density at radius 3 is 2.52 bits per heavy atom. The highest BCUT2D eigenvalue weighted by atomic mass is 19.1. The lowest BCUT2D eigenvalue weighted by Gasteiger charge is -2.22. The lowest BCUT2D eigenvalue weighted by molar-refractivity contribution is -1.21. The molecule has 0 heterocycles. The zero-order valence-electron chi connectivity index (χ0n) is 17.7. The number of quaternary nitrogens is 1. The molecule has 3 N–H and O–H groups in total. The van der Waals surface area contributed by atoms with Crippen LogP contribution in [0.5, 0.6) is 0 Å². The molecule has 0 saturated heterocycles. The highest BCUT2D eigenvalue weighted by Gasteiger charge is 2.31. The number of hydrogen-bond donors (Lipinski definition) is 3. The maximum absolute atomic E-state index is 14.5. The number of ether oxygens (including phenoxy) is 1. The minimum atomic E-state index is -1.48. The van der Waals surface area contributed by atoms with Crippen molar-refractivity contribution in [3.05, 3.63) is 65.1 Å². The van der Waals surface area contributed by atoms with Gasteiger partial charge in [-0.25, -0.2) is 4.39 Å². The van der Waals surface area contributed by atoms with E-state index in [-0.39, 0.29) is 25.7 Å². The Labute approximate surface area is 180 Å². The third-order valence-electron chi connectivity index (χ3n) is 4.71. The highest BCUT2D eigenvalue weighted by Crippen LogP contribution is 2.26. The molecule has 0 aliphatic rings. The Hall–Kier alpha value is -2.85. The largest absolute Gasteiger partial charge is 0.566 e. The number of amides is 1. The molecule has 0 aliphatic carbocycles. The van der Waals surface area contributed by atoms with Crippen LogP contribution >= 0.6 is 0 Å². The molecule has 1 amide bonds. The SMILES string of the molecule is C[C@@H](C(=O)NCCOC(=O)C(C)(C)CO[NH+]([O-])O)c1ccc(-c2ccccc2)c(F)c1. The van der Waals surface area contributed by atoms with E-state index < -0.39 is 28.5 Å². The van der Waals surface area contributed by atoms with Crippen LogP contribution in [0, 0.1) is 16.4 Å². The lowest BCUT2D eigenvalue weighted by atomic mass is 9.95. The van der Waals surface area contributed by atoms with Crippen molar-refractivity contribution in [2.24, 2.45) is 5.41 Å². The third-order valence-corrected chi connectivity index (χ3v) is 4.71. The molecule has 9 heteroatoms. The van der Waals surface area contributed by atoms with Gasteiger partial charge in [0.15, 0.2) is 0 Å². The molecule has 0 fully saturated rings. The number of rotatable bonds is 10. The van der Waals surface area contributed by atoms with Crippen molar-refractivity contribution in [1.82, 2.24) is 5.32 Å². The maximum Gasteiger partial charge on any atom is 0.314 e. The summed E-state index contributed by atoms with van der Waals surface area (Å²) in [6.45, 7) is 4.28. The summed E-state index contributed by atoms with van der Waals surface area (Å²) in [4.78, 5) is 28.8. The second kappa shape index (κ2) is 11.0. The normalized spacial score (nSPS) is 13.4. The molecule has 2 aromatic carbocycles. The predicted octanol–water partition coefficient (Wildman–Crippen LogP) is 1.99. The van der Waals surface area contributed by atoms with Gasteiger partial charge < -0.3 is 15.3 Å². The summed E-state index contributed by atoms with van der Waals surface area (Å²) in [6, 6.07) is 13.8. The van der Waals surface area contributed by atoms with Crippen LogP contribution in [0.4, 0.5) is 4.39 Å². The molecule has 2 atom stereocenters. The molecule has 2 aromatic rings. The molecule has 2 rings (SSSR count). The van der Waals surface area contributed by atoms with E-state index in [1.54, 1.807) is 19.1 Å². The van der Waals surface area contributed by atoms with E-state index in [2.05, 4.69) is 10.2 Å². The Bertz CT molecular complexity index is 889. The molecule has 0 bridgehead atoms. The van der Waals surface area contributed by atoms with Gasteiger partial charge in [0.1, 0.15) is 19.0 Å². The summed E-state index contributed by atoms with van der Waals surface area (Å²) in [5.74, 6) is -2.00. The van der Waals surface area contributed by atoms with E-state index in [0.717, 1.165) is 5.56 Å². The van der Waals surface area contributed by atoms with Gasteiger partial charge in [-0.05, 0) is 38.0 Å². The first-order valence-corrected chi connectivity index (χ1v) is 9.77. The third kappa shape index (κ3) is 7.11. The molecule has 0 radical (unpaired) electrons. The van der Waals surface area contributed by atoms with E-state index in [1.165, 1.54) is 19.9 Å². The van der Waals surface area contributed by atoms with Gasteiger partial charge in [-0.2, -0.15) is 10.0 Å². The molecule has 1 unspecified atom stereocenters. The van der Waals surface area contributed by atoms with E-state index in [4.69, 9.17) is 9.94 Å². The summed E-state index contributed by atoms with van der Waals surface area (Å²) in [7, 11) is 0. The quantitative estimate of drug-likeness (QED) is 0.300. The fourth-order valence-corrected chi connectivity index (χ4v) is 2.77. The zero-order chi connectivity index (χ0) is 23.0. The first-order valence-electron chi connectivity index (χ1n) is 9.77. The topological polar surface area (TPSA) is 112 Å². The summed E-state index contributed by atoms with van der Waals surface area (Å²) in [5, 5.41) is 20.1. The highest BCUT2D eigenvalue weighted by molar-refractivity contribution is 5.83. The molecular weight excluding hydrogens is 407 g/mol. The minimum Gasteiger partial charge on any atom is -0.566 e. The van der Waals surface area contributed by atoms with Crippen LogP contribution in [0.15, 0.2) is 48.5 Å². The van der Waals surface area contributed by atoms with Crippen LogP contribution in [0.3, 0.4) is 0 Å². The second-order valence-corrected chi connectivity index (χ2v) is 7.69. The lowest BCUT2D eigenvalue weighted by Crippen LogP contribution is -3.03. The second-order valence-electron chi connectivity index (χ2n) is 7.69. The number of hydrogen-bond acceptors (Lipinski definition) is 6. The molecule has 0 spiro atoms. The van der Waals surface area contributed by atoms with Crippen molar-refractivity contribution in [1.29, 1.82) is 0 Å². The van der Waals surface area contributed by atoms with Gasteiger partial charge in [-0.3, -0.25) is 9.59 Å². The molecule has 0 aromatic heterocycles. The van der Waals surface area contributed by atoms with E-state index in [1.807, 2.05) is 30.3 Å². The summed E-state index contributed by atoms with van der Waals surface area (Å²) < 4.78 is 19.6. The number of nitrogens with one attached hydrogen (secondary N) is 2. The fraction of sp³-hybridized carbons (Fsp3) is 0.364. The summed E-state index contributed by atoms with van der Waals surface area (Å²) >= 11 is 0. The van der Waals surface area contributed by atoms with Gasteiger partial charge in [-0.15, -0.1) is 0 Å². The van der Waals surface area contributed by atoms with Crippen LogP contribution < -0.4 is 10.7 Å². The Kier molecular flexibility index (Phi) is 8.64. The van der Waals surface area contributed by atoms with Crippen LogP contribution in [-0.2, 0) is 19.2 Å². The summed E-state index contributed by atoms with van der Waals surface area (Å²) in [6.07, 6.45) is 0. The molecule has 0 aliphatic heterocycles. The average Bonchev–Trinajstić information content (AvgIpc) is 2.75. The Balaban J connectivity index is 1.85. The number of halogens is 1. The van der Waals surface area contributed by atoms with Crippen LogP contribution in [0.2, 0.25) is 0 Å². The van der Waals surface area contributed by atoms with Crippen molar-refractivity contribution in [3.8, 4) is 11.1 Å². The number of carbonyl (C=O) groups is 2. The minimum absolute atomic E-state index is 0.0648. The van der Waals surface area contributed by atoms with Crippen molar-refractivity contribution in [3.63, 3.8) is 0 Å². The molecule has 168 valence electrons. The zero-order valence-corrected chi connectivity index (χ0v) is 17.7. The van der Waals surface area contributed by atoms with E-state index in [9.17, 15) is 19.2 Å². The van der Waals surface area contributed by atoms with Gasteiger partial charge in [0.05, 0.1) is 17.9 Å². The summed E-state index contributed by atoms with van der Waals surface area (Å²) in [5.41, 5.74) is 0.590. The van der Waals surface area contributed by atoms with Gasteiger partial charge in [-0.1, -0.05) is 47.9 Å². The average molecular weight is 434 g/mol.